The lowest BCUT2D eigenvalue weighted by molar-refractivity contribution is 0.323. The predicted octanol–water partition coefficient (Wildman–Crippen LogP) is 2.64. The minimum atomic E-state index is 0.576. The number of ether oxygens (including phenoxy) is 3. The van der Waals surface area contributed by atoms with E-state index < -0.39 is 0 Å². The van der Waals surface area contributed by atoms with E-state index in [9.17, 15) is 0 Å². The highest BCUT2D eigenvalue weighted by atomic mass is 32.1. The Morgan fingerprint density at radius 2 is 1.81 bits per heavy atom. The molecule has 0 spiro atoms. The number of aliphatic imine (C=N–C) groups is 1. The quantitative estimate of drug-likeness (QED) is 0.505. The number of thiazole rings is 1. The molecule has 1 heterocycles. The Balaban J connectivity index is 1.91. The Bertz CT molecular complexity index is 736. The van der Waals surface area contributed by atoms with Gasteiger partial charge in [-0.2, -0.15) is 0 Å². The second-order valence-corrected chi connectivity index (χ2v) is 6.66. The van der Waals surface area contributed by atoms with Crippen molar-refractivity contribution in [1.82, 2.24) is 15.6 Å². The molecule has 0 aliphatic heterocycles. The van der Waals surface area contributed by atoms with E-state index in [1.807, 2.05) is 12.1 Å². The van der Waals surface area contributed by atoms with Gasteiger partial charge in [-0.25, -0.2) is 4.98 Å². The average Bonchev–Trinajstić information content (AvgIpc) is 3.17. The van der Waals surface area contributed by atoms with Gasteiger partial charge in [-0.05, 0) is 24.1 Å². The fourth-order valence-corrected chi connectivity index (χ4v) is 3.36. The minimum absolute atomic E-state index is 0.576. The first-order valence-electron chi connectivity index (χ1n) is 8.81. The number of hydrogen-bond donors (Lipinski definition) is 2. The summed E-state index contributed by atoms with van der Waals surface area (Å²) in [6.45, 7) is 3.46. The minimum Gasteiger partial charge on any atom is -0.493 e. The first-order chi connectivity index (χ1) is 13.1. The van der Waals surface area contributed by atoms with Crippen LogP contribution in [0.3, 0.4) is 0 Å². The van der Waals surface area contributed by atoms with Gasteiger partial charge >= 0.3 is 0 Å². The van der Waals surface area contributed by atoms with Gasteiger partial charge in [-0.1, -0.05) is 6.92 Å². The summed E-state index contributed by atoms with van der Waals surface area (Å²) in [5.74, 6) is 2.58. The van der Waals surface area contributed by atoms with Gasteiger partial charge in [0.25, 0.3) is 0 Å². The van der Waals surface area contributed by atoms with Crippen LogP contribution in [0, 0.1) is 0 Å². The summed E-state index contributed by atoms with van der Waals surface area (Å²) in [6, 6.07) is 3.84. The molecule has 2 N–H and O–H groups in total. The highest BCUT2D eigenvalue weighted by Gasteiger charge is 2.13. The summed E-state index contributed by atoms with van der Waals surface area (Å²) in [4.78, 5) is 8.84. The molecule has 0 unspecified atom stereocenters. The maximum absolute atomic E-state index is 5.39. The average molecular weight is 393 g/mol. The Hall–Kier alpha value is -2.48. The van der Waals surface area contributed by atoms with Crippen LogP contribution in [0.2, 0.25) is 0 Å². The van der Waals surface area contributed by atoms with Gasteiger partial charge in [-0.3, -0.25) is 4.99 Å². The number of nitrogens with one attached hydrogen (secondary N) is 2. The van der Waals surface area contributed by atoms with Crippen LogP contribution < -0.4 is 24.8 Å². The maximum atomic E-state index is 5.39. The lowest BCUT2D eigenvalue weighted by Gasteiger charge is -2.15. The smallest absolute Gasteiger partial charge is 0.203 e. The second kappa shape index (κ2) is 10.6. The third kappa shape index (κ3) is 5.75. The Labute approximate surface area is 164 Å². The van der Waals surface area contributed by atoms with Crippen molar-refractivity contribution in [2.24, 2.45) is 4.99 Å². The molecule has 0 saturated carbocycles. The molecule has 148 valence electrons. The largest absolute Gasteiger partial charge is 0.493 e. The van der Waals surface area contributed by atoms with Gasteiger partial charge in [0.05, 0.1) is 32.0 Å². The number of guanidine groups is 1. The monoisotopic (exact) mass is 392 g/mol. The van der Waals surface area contributed by atoms with Crippen LogP contribution in [0.1, 0.15) is 23.2 Å². The van der Waals surface area contributed by atoms with Crippen LogP contribution in [-0.2, 0) is 19.4 Å². The Morgan fingerprint density at radius 3 is 2.33 bits per heavy atom. The normalized spacial score (nSPS) is 11.2. The number of aromatic nitrogens is 1. The first-order valence-corrected chi connectivity index (χ1v) is 9.69. The van der Waals surface area contributed by atoms with Gasteiger partial charge < -0.3 is 24.8 Å². The summed E-state index contributed by atoms with van der Waals surface area (Å²) < 4.78 is 16.1. The predicted molar refractivity (Wildman–Crippen MR) is 109 cm³/mol. The third-order valence-electron chi connectivity index (χ3n) is 3.98. The molecule has 0 saturated heterocycles. The Kier molecular flexibility index (Phi) is 8.19. The van der Waals surface area contributed by atoms with Crippen molar-refractivity contribution < 1.29 is 14.2 Å². The van der Waals surface area contributed by atoms with Crippen LogP contribution in [0.4, 0.5) is 0 Å². The molecule has 2 aromatic rings. The zero-order valence-corrected chi connectivity index (χ0v) is 17.4. The van der Waals surface area contributed by atoms with Crippen molar-refractivity contribution in [3.05, 3.63) is 33.8 Å². The van der Waals surface area contributed by atoms with Gasteiger partial charge in [-0.15, -0.1) is 11.3 Å². The van der Waals surface area contributed by atoms with Crippen molar-refractivity contribution in [3.63, 3.8) is 0 Å². The van der Waals surface area contributed by atoms with Crippen LogP contribution in [0.15, 0.2) is 22.5 Å². The molecule has 0 aliphatic carbocycles. The van der Waals surface area contributed by atoms with Gasteiger partial charge in [0.2, 0.25) is 5.75 Å². The molecular weight excluding hydrogens is 364 g/mol. The van der Waals surface area contributed by atoms with E-state index in [2.05, 4.69) is 32.9 Å². The van der Waals surface area contributed by atoms with E-state index in [0.29, 0.717) is 23.8 Å². The molecule has 27 heavy (non-hydrogen) atoms. The van der Waals surface area contributed by atoms with Crippen molar-refractivity contribution in [1.29, 1.82) is 0 Å². The third-order valence-corrected chi connectivity index (χ3v) is 5.03. The number of aryl methyl sites for hydroxylation is 1. The maximum Gasteiger partial charge on any atom is 0.203 e. The molecule has 8 heteroatoms. The number of rotatable bonds is 9. The van der Waals surface area contributed by atoms with Gasteiger partial charge in [0, 0.05) is 31.9 Å². The number of methoxy groups -OCH3 is 3. The second-order valence-electron chi connectivity index (χ2n) is 5.72. The molecule has 0 bridgehead atoms. The van der Waals surface area contributed by atoms with Crippen LogP contribution in [0.5, 0.6) is 17.2 Å². The van der Waals surface area contributed by atoms with E-state index in [-0.39, 0.29) is 0 Å². The van der Waals surface area contributed by atoms with Crippen molar-refractivity contribution >= 4 is 17.3 Å². The van der Waals surface area contributed by atoms with E-state index in [1.165, 1.54) is 5.01 Å². The zero-order valence-electron chi connectivity index (χ0n) is 16.6. The Morgan fingerprint density at radius 1 is 1.11 bits per heavy atom. The van der Waals surface area contributed by atoms with Crippen molar-refractivity contribution in [3.8, 4) is 17.2 Å². The van der Waals surface area contributed by atoms with E-state index in [4.69, 9.17) is 14.2 Å². The van der Waals surface area contributed by atoms with E-state index >= 15 is 0 Å². The highest BCUT2D eigenvalue weighted by Crippen LogP contribution is 2.38. The molecular formula is C19H28N4O3S. The SMILES string of the molecule is CCc1nc(CCNC(=NC)NCc2cc(OC)c(OC)c(OC)c2)cs1. The first kappa shape index (κ1) is 20.8. The molecule has 1 aromatic heterocycles. The topological polar surface area (TPSA) is 77.0 Å². The zero-order chi connectivity index (χ0) is 19.6. The van der Waals surface area contributed by atoms with Crippen LogP contribution in [0.25, 0.3) is 0 Å². The fraction of sp³-hybridized carbons (Fsp3) is 0.474. The molecule has 0 fully saturated rings. The van der Waals surface area contributed by atoms with Gasteiger partial charge in [0.1, 0.15) is 0 Å². The van der Waals surface area contributed by atoms with E-state index in [1.54, 1.807) is 39.7 Å². The van der Waals surface area contributed by atoms with Crippen LogP contribution >= 0.6 is 11.3 Å². The molecule has 0 radical (unpaired) electrons. The molecule has 1 aromatic carbocycles. The molecule has 0 atom stereocenters. The number of hydrogen-bond acceptors (Lipinski definition) is 6. The number of benzene rings is 1. The summed E-state index contributed by atoms with van der Waals surface area (Å²) in [7, 11) is 6.56. The molecule has 7 nitrogen and oxygen atoms in total. The molecule has 0 aliphatic rings. The van der Waals surface area contributed by atoms with Crippen LogP contribution in [-0.4, -0.2) is 45.9 Å². The lowest BCUT2D eigenvalue weighted by Crippen LogP contribution is -2.37. The summed E-state index contributed by atoms with van der Waals surface area (Å²) >= 11 is 1.71. The van der Waals surface area contributed by atoms with E-state index in [0.717, 1.165) is 36.6 Å². The summed E-state index contributed by atoms with van der Waals surface area (Å²) in [5, 5.41) is 9.90. The summed E-state index contributed by atoms with van der Waals surface area (Å²) in [5.41, 5.74) is 2.11. The van der Waals surface area contributed by atoms with Crippen molar-refractivity contribution in [2.75, 3.05) is 34.9 Å². The molecule has 2 rings (SSSR count). The van der Waals surface area contributed by atoms with Gasteiger partial charge in [0.15, 0.2) is 17.5 Å². The summed E-state index contributed by atoms with van der Waals surface area (Å²) in [6.07, 6.45) is 1.84. The standard InChI is InChI=1S/C19H28N4O3S/c1-6-17-23-14(12-27-17)7-8-21-19(20-2)22-11-13-9-15(24-3)18(26-5)16(10-13)25-4/h9-10,12H,6-8,11H2,1-5H3,(H2,20,21,22). The molecule has 0 amide bonds. The highest BCUT2D eigenvalue weighted by molar-refractivity contribution is 7.09. The van der Waals surface area contributed by atoms with Crippen molar-refractivity contribution in [2.45, 2.75) is 26.3 Å². The number of nitrogens with zero attached hydrogens (tertiary/aromatic N) is 2. The lowest BCUT2D eigenvalue weighted by atomic mass is 10.2. The fourth-order valence-electron chi connectivity index (χ4n) is 2.58.